The summed E-state index contributed by atoms with van der Waals surface area (Å²) in [5.74, 6) is 1.14. The van der Waals surface area contributed by atoms with E-state index in [0.717, 1.165) is 19.5 Å². The van der Waals surface area contributed by atoms with E-state index in [9.17, 15) is 13.2 Å². The number of halogens is 4. The molecule has 0 aromatic rings. The number of nitrogens with one attached hydrogen (secondary N) is 2. The Morgan fingerprint density at radius 2 is 1.85 bits per heavy atom. The Hall–Kier alpha value is -0.290. The summed E-state index contributed by atoms with van der Waals surface area (Å²) in [4.78, 5) is 5.68. The molecule has 0 radical (unpaired) electrons. The van der Waals surface area contributed by atoms with Gasteiger partial charge in [0.05, 0.1) is 12.6 Å². The standard InChI is InChI=1S/C17H35F3N4O.HI/c1-6-21-16(23-11-9-15(14(3)4)25-7-2)22-10-8-12-24(5)13-17(18,19)20;/h14-15H,6-13H2,1-5H3,(H2,21,22,23);1H. The third-order valence-corrected chi connectivity index (χ3v) is 3.61. The van der Waals surface area contributed by atoms with Gasteiger partial charge >= 0.3 is 6.18 Å². The number of nitrogens with zero attached hydrogens (tertiary/aromatic N) is 2. The Morgan fingerprint density at radius 1 is 1.19 bits per heavy atom. The molecule has 0 amide bonds. The van der Waals surface area contributed by atoms with Crippen molar-refractivity contribution in [2.75, 3.05) is 46.4 Å². The summed E-state index contributed by atoms with van der Waals surface area (Å²) >= 11 is 0. The van der Waals surface area contributed by atoms with Crippen molar-refractivity contribution in [1.29, 1.82) is 0 Å². The predicted molar refractivity (Wildman–Crippen MR) is 112 cm³/mol. The van der Waals surface area contributed by atoms with Crippen LogP contribution >= 0.6 is 24.0 Å². The van der Waals surface area contributed by atoms with Gasteiger partial charge < -0.3 is 15.4 Å². The summed E-state index contributed by atoms with van der Waals surface area (Å²) < 4.78 is 42.5. The molecule has 0 aliphatic carbocycles. The Morgan fingerprint density at radius 3 is 2.35 bits per heavy atom. The molecule has 0 rings (SSSR count). The van der Waals surface area contributed by atoms with Crippen LogP contribution in [0.2, 0.25) is 0 Å². The van der Waals surface area contributed by atoms with E-state index in [-0.39, 0.29) is 30.1 Å². The lowest BCUT2D eigenvalue weighted by molar-refractivity contribution is -0.143. The smallest absolute Gasteiger partial charge is 0.378 e. The first-order chi connectivity index (χ1) is 11.7. The first kappa shape index (κ1) is 27.9. The average Bonchev–Trinajstić information content (AvgIpc) is 2.48. The van der Waals surface area contributed by atoms with E-state index in [1.165, 1.54) is 11.9 Å². The molecule has 0 aliphatic heterocycles. The molecule has 9 heteroatoms. The molecular formula is C17H36F3IN4O. The molecule has 1 atom stereocenters. The maximum absolute atomic E-state index is 12.3. The molecule has 0 spiro atoms. The summed E-state index contributed by atoms with van der Waals surface area (Å²) in [6.45, 7) is 10.4. The van der Waals surface area contributed by atoms with Gasteiger partial charge in [0.15, 0.2) is 5.96 Å². The zero-order valence-electron chi connectivity index (χ0n) is 16.7. The van der Waals surface area contributed by atoms with Gasteiger partial charge in [-0.2, -0.15) is 13.2 Å². The van der Waals surface area contributed by atoms with Gasteiger partial charge in [0.1, 0.15) is 0 Å². The topological polar surface area (TPSA) is 48.9 Å². The van der Waals surface area contributed by atoms with E-state index in [2.05, 4.69) is 29.5 Å². The number of hydrogen-bond acceptors (Lipinski definition) is 3. The quantitative estimate of drug-likeness (QED) is 0.188. The number of hydrogen-bond donors (Lipinski definition) is 2. The molecule has 0 saturated carbocycles. The Bertz CT molecular complexity index is 368. The molecule has 2 N–H and O–H groups in total. The summed E-state index contributed by atoms with van der Waals surface area (Å²) in [6.07, 6.45) is -2.49. The fourth-order valence-corrected chi connectivity index (χ4v) is 2.41. The van der Waals surface area contributed by atoms with Crippen molar-refractivity contribution < 1.29 is 17.9 Å². The first-order valence-corrected chi connectivity index (χ1v) is 9.08. The van der Waals surface area contributed by atoms with Crippen LogP contribution < -0.4 is 10.6 Å². The largest absolute Gasteiger partial charge is 0.401 e. The van der Waals surface area contributed by atoms with Crippen LogP contribution in [0.5, 0.6) is 0 Å². The van der Waals surface area contributed by atoms with Crippen LogP contribution in [0, 0.1) is 5.92 Å². The molecule has 0 saturated heterocycles. The van der Waals surface area contributed by atoms with E-state index in [4.69, 9.17) is 4.74 Å². The van der Waals surface area contributed by atoms with Crippen LogP contribution in [0.3, 0.4) is 0 Å². The highest BCUT2D eigenvalue weighted by Gasteiger charge is 2.28. The zero-order valence-corrected chi connectivity index (χ0v) is 19.0. The van der Waals surface area contributed by atoms with Crippen LogP contribution in [-0.4, -0.2) is 69.5 Å². The monoisotopic (exact) mass is 496 g/mol. The van der Waals surface area contributed by atoms with Crippen molar-refractivity contribution in [1.82, 2.24) is 15.5 Å². The summed E-state index contributed by atoms with van der Waals surface area (Å²) in [7, 11) is 1.47. The zero-order chi connectivity index (χ0) is 19.3. The Kier molecular flexibility index (Phi) is 16.9. The normalized spacial score (nSPS) is 13.7. The number of alkyl halides is 3. The second kappa shape index (κ2) is 15.7. The van der Waals surface area contributed by atoms with Gasteiger partial charge in [0.2, 0.25) is 0 Å². The van der Waals surface area contributed by atoms with E-state index in [1.807, 2.05) is 13.8 Å². The van der Waals surface area contributed by atoms with Crippen molar-refractivity contribution in [3.05, 3.63) is 0 Å². The highest BCUT2D eigenvalue weighted by molar-refractivity contribution is 14.0. The average molecular weight is 496 g/mol. The first-order valence-electron chi connectivity index (χ1n) is 9.08. The summed E-state index contributed by atoms with van der Waals surface area (Å²) in [5, 5.41) is 6.40. The van der Waals surface area contributed by atoms with E-state index < -0.39 is 12.7 Å². The minimum Gasteiger partial charge on any atom is -0.378 e. The molecule has 0 aliphatic rings. The number of aliphatic imine (C=N–C) groups is 1. The van der Waals surface area contributed by atoms with Crippen molar-refractivity contribution in [2.24, 2.45) is 10.9 Å². The third kappa shape index (κ3) is 15.9. The van der Waals surface area contributed by atoms with Crippen molar-refractivity contribution in [3.8, 4) is 0 Å². The summed E-state index contributed by atoms with van der Waals surface area (Å²) in [6, 6.07) is 0. The maximum atomic E-state index is 12.3. The molecular weight excluding hydrogens is 460 g/mol. The molecule has 0 bridgehead atoms. The molecule has 0 fully saturated rings. The van der Waals surface area contributed by atoms with Crippen molar-refractivity contribution in [2.45, 2.75) is 52.8 Å². The minimum atomic E-state index is -4.15. The molecule has 158 valence electrons. The van der Waals surface area contributed by atoms with Gasteiger partial charge in [0, 0.05) is 26.2 Å². The lowest BCUT2D eigenvalue weighted by Gasteiger charge is -2.21. The molecule has 0 aromatic carbocycles. The van der Waals surface area contributed by atoms with Crippen molar-refractivity contribution >= 4 is 29.9 Å². The maximum Gasteiger partial charge on any atom is 0.401 e. The lowest BCUT2D eigenvalue weighted by atomic mass is 10.0. The van der Waals surface area contributed by atoms with Gasteiger partial charge in [-0.25, -0.2) is 0 Å². The highest BCUT2D eigenvalue weighted by Crippen LogP contribution is 2.15. The second-order valence-corrected chi connectivity index (χ2v) is 6.42. The molecule has 26 heavy (non-hydrogen) atoms. The van der Waals surface area contributed by atoms with Gasteiger partial charge in [0.25, 0.3) is 0 Å². The van der Waals surface area contributed by atoms with Crippen LogP contribution in [-0.2, 0) is 4.74 Å². The Labute approximate surface area is 173 Å². The molecule has 0 heterocycles. The van der Waals surface area contributed by atoms with E-state index >= 15 is 0 Å². The number of ether oxygens (including phenoxy) is 1. The van der Waals surface area contributed by atoms with Crippen LogP contribution in [0.1, 0.15) is 40.5 Å². The minimum absolute atomic E-state index is 0. The van der Waals surface area contributed by atoms with Crippen molar-refractivity contribution in [3.63, 3.8) is 0 Å². The highest BCUT2D eigenvalue weighted by atomic mass is 127. The third-order valence-electron chi connectivity index (χ3n) is 3.61. The fourth-order valence-electron chi connectivity index (χ4n) is 2.41. The van der Waals surface area contributed by atoms with Gasteiger partial charge in [-0.3, -0.25) is 9.89 Å². The van der Waals surface area contributed by atoms with Crippen LogP contribution in [0.4, 0.5) is 13.2 Å². The van der Waals surface area contributed by atoms with E-state index in [1.54, 1.807) is 0 Å². The predicted octanol–water partition coefficient (Wildman–Crippen LogP) is 3.49. The second-order valence-electron chi connectivity index (χ2n) is 6.42. The molecule has 0 aromatic heterocycles. The van der Waals surface area contributed by atoms with Gasteiger partial charge in [-0.15, -0.1) is 24.0 Å². The number of guanidine groups is 1. The Balaban J connectivity index is 0. The lowest BCUT2D eigenvalue weighted by Crippen LogP contribution is -2.39. The molecule has 5 nitrogen and oxygen atoms in total. The SMILES string of the molecule is CCNC(=NCCCN(C)CC(F)(F)F)NCCC(OCC)C(C)C.I. The van der Waals surface area contributed by atoms with Crippen LogP contribution in [0.15, 0.2) is 4.99 Å². The van der Waals surface area contributed by atoms with Crippen LogP contribution in [0.25, 0.3) is 0 Å². The van der Waals surface area contributed by atoms with Gasteiger partial charge in [-0.1, -0.05) is 13.8 Å². The fraction of sp³-hybridized carbons (Fsp3) is 0.941. The summed E-state index contributed by atoms with van der Waals surface area (Å²) in [5.41, 5.74) is 0. The van der Waals surface area contributed by atoms with E-state index in [0.29, 0.717) is 38.0 Å². The molecule has 1 unspecified atom stereocenters. The van der Waals surface area contributed by atoms with Gasteiger partial charge in [-0.05, 0) is 46.2 Å². The number of rotatable bonds is 12.